The van der Waals surface area contributed by atoms with Crippen molar-refractivity contribution in [3.63, 3.8) is 0 Å². The van der Waals surface area contributed by atoms with Crippen LogP contribution < -0.4 is 0 Å². The third-order valence-electron chi connectivity index (χ3n) is 4.96. The van der Waals surface area contributed by atoms with Gasteiger partial charge in [0.1, 0.15) is 0 Å². The van der Waals surface area contributed by atoms with Crippen LogP contribution in [0.4, 0.5) is 0 Å². The fraction of sp³-hybridized carbons (Fsp3) is 0.529. The average Bonchev–Trinajstić information content (AvgIpc) is 2.39. The van der Waals surface area contributed by atoms with Gasteiger partial charge in [-0.1, -0.05) is 65.3 Å². The van der Waals surface area contributed by atoms with Crippen molar-refractivity contribution in [2.75, 3.05) is 0 Å². The molecule has 1 atom stereocenters. The molecule has 0 fully saturated rings. The molecule has 2 nitrogen and oxygen atoms in total. The second-order valence-corrected chi connectivity index (χ2v) is 8.54. The second-order valence-electron chi connectivity index (χ2n) is 6.47. The third kappa shape index (κ3) is 2.83. The minimum absolute atomic E-state index is 0.103. The van der Waals surface area contributed by atoms with Crippen LogP contribution in [0.15, 0.2) is 47.9 Å². The van der Waals surface area contributed by atoms with Gasteiger partial charge in [0.25, 0.3) is 0 Å². The van der Waals surface area contributed by atoms with E-state index in [0.29, 0.717) is 4.90 Å². The van der Waals surface area contributed by atoms with Gasteiger partial charge in [0.2, 0.25) is 0 Å². The zero-order valence-electron chi connectivity index (χ0n) is 13.2. The summed E-state index contributed by atoms with van der Waals surface area (Å²) in [5.74, 6) is 0. The fourth-order valence-corrected chi connectivity index (χ4v) is 4.58. The van der Waals surface area contributed by atoms with Crippen molar-refractivity contribution < 1.29 is 8.42 Å². The molecule has 1 unspecified atom stereocenters. The van der Waals surface area contributed by atoms with Gasteiger partial charge < -0.3 is 0 Å². The highest BCUT2D eigenvalue weighted by Gasteiger charge is 2.46. The predicted octanol–water partition coefficient (Wildman–Crippen LogP) is 4.48. The van der Waals surface area contributed by atoms with Crippen LogP contribution >= 0.6 is 0 Å². The first-order chi connectivity index (χ1) is 9.11. The Labute approximate surface area is 123 Å². The van der Waals surface area contributed by atoms with Gasteiger partial charge in [-0.2, -0.15) is 0 Å². The van der Waals surface area contributed by atoms with Crippen molar-refractivity contribution >= 4 is 9.84 Å². The molecule has 1 rings (SSSR count). The van der Waals surface area contributed by atoms with Crippen LogP contribution in [0.1, 0.15) is 41.0 Å². The highest BCUT2D eigenvalue weighted by Crippen LogP contribution is 2.47. The summed E-state index contributed by atoms with van der Waals surface area (Å²) in [6.07, 6.45) is 2.49. The largest absolute Gasteiger partial charge is 0.223 e. The lowest BCUT2D eigenvalue weighted by molar-refractivity contribution is 0.111. The molecule has 0 heterocycles. The van der Waals surface area contributed by atoms with E-state index in [9.17, 15) is 8.42 Å². The Morgan fingerprint density at radius 2 is 1.65 bits per heavy atom. The maximum Gasteiger partial charge on any atom is 0.185 e. The van der Waals surface area contributed by atoms with Crippen molar-refractivity contribution in [1.82, 2.24) is 0 Å². The smallest absolute Gasteiger partial charge is 0.185 e. The first-order valence-corrected chi connectivity index (χ1v) is 8.57. The van der Waals surface area contributed by atoms with Crippen LogP contribution in [0.3, 0.4) is 0 Å². The van der Waals surface area contributed by atoms with Crippen LogP contribution in [0, 0.1) is 10.8 Å². The lowest BCUT2D eigenvalue weighted by Crippen LogP contribution is -2.45. The topological polar surface area (TPSA) is 34.1 Å². The number of hydrogen-bond acceptors (Lipinski definition) is 2. The molecule has 0 aliphatic rings. The van der Waals surface area contributed by atoms with Gasteiger partial charge in [0.05, 0.1) is 10.1 Å². The molecule has 0 aliphatic carbocycles. The lowest BCUT2D eigenvalue weighted by Gasteiger charge is -2.45. The van der Waals surface area contributed by atoms with Crippen LogP contribution in [0.5, 0.6) is 0 Å². The quantitative estimate of drug-likeness (QED) is 0.725. The van der Waals surface area contributed by atoms with E-state index in [1.807, 2.05) is 19.9 Å². The van der Waals surface area contributed by atoms with Gasteiger partial charge in [0.15, 0.2) is 9.84 Å². The highest BCUT2D eigenvalue weighted by atomic mass is 32.2. The standard InChI is InChI=1S/C17H26O2S/c1-7-15(17(5,6)16(3,4)8-2)20(18,19)14-12-10-9-11-13-14/h7,9-13,15H,1,8H2,2-6H3. The summed E-state index contributed by atoms with van der Waals surface area (Å²) in [5.41, 5.74) is -0.508. The van der Waals surface area contributed by atoms with E-state index >= 15 is 0 Å². The molecule has 0 N–H and O–H groups in total. The zero-order valence-corrected chi connectivity index (χ0v) is 14.0. The summed E-state index contributed by atoms with van der Waals surface area (Å²) in [5, 5.41) is -0.604. The number of sulfone groups is 1. The van der Waals surface area contributed by atoms with Crippen molar-refractivity contribution in [3.8, 4) is 0 Å². The fourth-order valence-electron chi connectivity index (χ4n) is 2.41. The summed E-state index contributed by atoms with van der Waals surface area (Å²) >= 11 is 0. The summed E-state index contributed by atoms with van der Waals surface area (Å²) < 4.78 is 25.8. The lowest BCUT2D eigenvalue weighted by atomic mass is 9.64. The minimum atomic E-state index is -3.42. The molecule has 0 bridgehead atoms. The zero-order chi connectivity index (χ0) is 15.6. The Kier molecular flexibility index (Phi) is 4.86. The van der Waals surface area contributed by atoms with E-state index < -0.39 is 20.5 Å². The molecule has 1 aromatic rings. The molecular formula is C17H26O2S. The molecule has 0 radical (unpaired) electrons. The van der Waals surface area contributed by atoms with Gasteiger partial charge in [-0.05, 0) is 23.0 Å². The van der Waals surface area contributed by atoms with Crippen LogP contribution in [0.2, 0.25) is 0 Å². The molecule has 0 spiro atoms. The molecular weight excluding hydrogens is 268 g/mol. The maximum absolute atomic E-state index is 12.9. The normalized spacial score (nSPS) is 14.8. The van der Waals surface area contributed by atoms with Gasteiger partial charge in [0, 0.05) is 0 Å². The molecule has 0 amide bonds. The van der Waals surface area contributed by atoms with Gasteiger partial charge in [-0.3, -0.25) is 0 Å². The summed E-state index contributed by atoms with van der Waals surface area (Å²) in [7, 11) is -3.42. The molecule has 0 saturated heterocycles. The average molecular weight is 294 g/mol. The van der Waals surface area contributed by atoms with Crippen LogP contribution in [-0.4, -0.2) is 13.7 Å². The van der Waals surface area contributed by atoms with E-state index in [2.05, 4.69) is 27.4 Å². The monoisotopic (exact) mass is 294 g/mol. The maximum atomic E-state index is 12.9. The minimum Gasteiger partial charge on any atom is -0.223 e. The van der Waals surface area contributed by atoms with Gasteiger partial charge in [-0.15, -0.1) is 6.58 Å². The van der Waals surface area contributed by atoms with E-state index in [-0.39, 0.29) is 5.41 Å². The molecule has 0 saturated carbocycles. The molecule has 3 heteroatoms. The van der Waals surface area contributed by atoms with Crippen LogP contribution in [0.25, 0.3) is 0 Å². The summed E-state index contributed by atoms with van der Waals surface area (Å²) in [4.78, 5) is 0.366. The van der Waals surface area contributed by atoms with Gasteiger partial charge in [-0.25, -0.2) is 8.42 Å². The molecule has 0 aromatic heterocycles. The second kappa shape index (κ2) is 5.72. The van der Waals surface area contributed by atoms with Crippen molar-refractivity contribution in [2.24, 2.45) is 10.8 Å². The molecule has 20 heavy (non-hydrogen) atoms. The van der Waals surface area contributed by atoms with Crippen molar-refractivity contribution in [2.45, 2.75) is 51.2 Å². The SMILES string of the molecule is C=CC(C(C)(C)C(C)(C)CC)S(=O)(=O)c1ccccc1. The Bertz CT molecular complexity index is 554. The molecule has 112 valence electrons. The Morgan fingerprint density at radius 3 is 2.05 bits per heavy atom. The summed E-state index contributed by atoms with van der Waals surface area (Å²) in [6.45, 7) is 14.1. The number of rotatable bonds is 6. The first kappa shape index (κ1) is 17.0. The third-order valence-corrected chi connectivity index (χ3v) is 7.34. The predicted molar refractivity (Wildman–Crippen MR) is 85.5 cm³/mol. The molecule has 1 aromatic carbocycles. The van der Waals surface area contributed by atoms with E-state index in [1.54, 1.807) is 30.3 Å². The highest BCUT2D eigenvalue weighted by molar-refractivity contribution is 7.92. The van der Waals surface area contributed by atoms with E-state index in [1.165, 1.54) is 0 Å². The van der Waals surface area contributed by atoms with Crippen LogP contribution in [-0.2, 0) is 9.84 Å². The summed E-state index contributed by atoms with van der Waals surface area (Å²) in [6, 6.07) is 8.64. The van der Waals surface area contributed by atoms with Crippen molar-refractivity contribution in [3.05, 3.63) is 43.0 Å². The number of benzene rings is 1. The van der Waals surface area contributed by atoms with Crippen molar-refractivity contribution in [1.29, 1.82) is 0 Å². The molecule has 0 aliphatic heterocycles. The van der Waals surface area contributed by atoms with E-state index in [4.69, 9.17) is 0 Å². The Morgan fingerprint density at radius 1 is 1.15 bits per heavy atom. The Balaban J connectivity index is 3.37. The van der Waals surface area contributed by atoms with E-state index in [0.717, 1.165) is 6.42 Å². The first-order valence-electron chi connectivity index (χ1n) is 7.02. The van der Waals surface area contributed by atoms with Gasteiger partial charge >= 0.3 is 0 Å². The Hall–Kier alpha value is -1.09. The number of hydrogen-bond donors (Lipinski definition) is 0.